The lowest BCUT2D eigenvalue weighted by Crippen LogP contribution is -2.48. The standard InChI is InChI=1S/C36H42N4O4S/c1-23(2)29-15-26(16-30(41)19-29)20-37-21-33(42)31(17-25-9-5-4-6-10-25)39-34(43)27-11-7-12-28(18-27)36(44)40-14-8-13-32(40)35-38-24(3)22-45-35/h4-7,9-12,15-16,18-19,22-23,31-33,37,41-42H,8,13-14,17,20-21H2,1-3H3,(H,39,43)/t31-,32?,33+/m0/s1. The Morgan fingerprint density at radius 2 is 1.80 bits per heavy atom. The minimum absolute atomic E-state index is 0.0524. The molecule has 5 rings (SSSR count). The maximum atomic E-state index is 13.6. The maximum Gasteiger partial charge on any atom is 0.254 e. The molecule has 0 spiro atoms. The molecule has 0 bridgehead atoms. The average molecular weight is 627 g/mol. The number of benzene rings is 3. The van der Waals surface area contributed by atoms with Gasteiger partial charge in [-0.15, -0.1) is 11.3 Å². The fourth-order valence-corrected chi connectivity index (χ4v) is 6.74. The molecule has 8 nitrogen and oxygen atoms in total. The van der Waals surface area contributed by atoms with Crippen molar-refractivity contribution in [2.24, 2.45) is 0 Å². The number of aliphatic hydroxyl groups is 1. The zero-order valence-electron chi connectivity index (χ0n) is 26.1. The van der Waals surface area contributed by atoms with E-state index in [9.17, 15) is 19.8 Å². The number of aryl methyl sites for hydroxylation is 1. The van der Waals surface area contributed by atoms with Gasteiger partial charge in [-0.25, -0.2) is 4.98 Å². The number of aliphatic hydroxyl groups excluding tert-OH is 1. The highest BCUT2D eigenvalue weighted by molar-refractivity contribution is 7.09. The van der Waals surface area contributed by atoms with Crippen LogP contribution in [0.5, 0.6) is 5.75 Å². The quantitative estimate of drug-likeness (QED) is 0.159. The van der Waals surface area contributed by atoms with Gasteiger partial charge in [0.2, 0.25) is 0 Å². The molecule has 1 aliphatic rings. The molecule has 3 aromatic carbocycles. The number of nitrogens with one attached hydrogen (secondary N) is 2. The van der Waals surface area contributed by atoms with Crippen LogP contribution >= 0.6 is 11.3 Å². The number of rotatable bonds is 12. The van der Waals surface area contributed by atoms with E-state index >= 15 is 0 Å². The van der Waals surface area contributed by atoms with Gasteiger partial charge in [-0.1, -0.05) is 56.3 Å². The summed E-state index contributed by atoms with van der Waals surface area (Å²) in [6.45, 7) is 7.45. The second-order valence-electron chi connectivity index (χ2n) is 12.1. The number of phenolic OH excluding ortho intramolecular Hbond substituents is 1. The molecule has 236 valence electrons. The van der Waals surface area contributed by atoms with Crippen molar-refractivity contribution >= 4 is 23.2 Å². The molecule has 0 saturated carbocycles. The Balaban J connectivity index is 1.27. The zero-order valence-corrected chi connectivity index (χ0v) is 26.9. The molecule has 3 atom stereocenters. The molecule has 1 aliphatic heterocycles. The van der Waals surface area contributed by atoms with Gasteiger partial charge >= 0.3 is 0 Å². The highest BCUT2D eigenvalue weighted by Crippen LogP contribution is 2.35. The van der Waals surface area contributed by atoms with E-state index in [1.165, 1.54) is 0 Å². The molecular formula is C36H42N4O4S. The van der Waals surface area contributed by atoms with Crippen LogP contribution in [0.15, 0.2) is 78.2 Å². The third-order valence-electron chi connectivity index (χ3n) is 8.24. The Labute approximate surface area is 269 Å². The van der Waals surface area contributed by atoms with Gasteiger partial charge in [0.05, 0.1) is 18.2 Å². The smallest absolute Gasteiger partial charge is 0.254 e. The summed E-state index contributed by atoms with van der Waals surface area (Å²) in [7, 11) is 0. The molecule has 4 aromatic rings. The summed E-state index contributed by atoms with van der Waals surface area (Å²) in [5.74, 6) is 0.0251. The first-order valence-corrected chi connectivity index (χ1v) is 16.5. The van der Waals surface area contributed by atoms with Gasteiger partial charge < -0.3 is 25.7 Å². The van der Waals surface area contributed by atoms with Crippen LogP contribution in [-0.2, 0) is 13.0 Å². The number of phenols is 1. The van der Waals surface area contributed by atoms with Crippen molar-refractivity contribution in [2.45, 2.75) is 70.7 Å². The lowest BCUT2D eigenvalue weighted by molar-refractivity contribution is 0.0735. The first-order chi connectivity index (χ1) is 21.7. The molecule has 2 heterocycles. The van der Waals surface area contributed by atoms with E-state index in [4.69, 9.17) is 0 Å². The number of aromatic nitrogens is 1. The van der Waals surface area contributed by atoms with Crippen LogP contribution in [0.4, 0.5) is 0 Å². The van der Waals surface area contributed by atoms with Gasteiger partial charge in [-0.05, 0) is 79.1 Å². The van der Waals surface area contributed by atoms with Gasteiger partial charge in [0.15, 0.2) is 0 Å². The van der Waals surface area contributed by atoms with Crippen molar-refractivity contribution in [1.82, 2.24) is 20.5 Å². The van der Waals surface area contributed by atoms with Gasteiger partial charge in [-0.3, -0.25) is 9.59 Å². The van der Waals surface area contributed by atoms with Crippen LogP contribution < -0.4 is 10.6 Å². The van der Waals surface area contributed by atoms with E-state index in [1.54, 1.807) is 47.7 Å². The number of likely N-dealkylation sites (tertiary alicyclic amines) is 1. The van der Waals surface area contributed by atoms with E-state index in [0.29, 0.717) is 30.6 Å². The molecule has 1 saturated heterocycles. The van der Waals surface area contributed by atoms with E-state index in [0.717, 1.165) is 40.2 Å². The summed E-state index contributed by atoms with van der Waals surface area (Å²) in [5.41, 5.74) is 4.72. The molecular weight excluding hydrogens is 584 g/mol. The average Bonchev–Trinajstić information content (AvgIpc) is 3.69. The number of hydrogen-bond donors (Lipinski definition) is 4. The lowest BCUT2D eigenvalue weighted by atomic mass is 9.99. The molecule has 1 fully saturated rings. The van der Waals surface area contributed by atoms with Crippen molar-refractivity contribution in [3.63, 3.8) is 0 Å². The molecule has 1 unspecified atom stereocenters. The number of amides is 2. The van der Waals surface area contributed by atoms with Crippen LogP contribution in [0.25, 0.3) is 0 Å². The van der Waals surface area contributed by atoms with Gasteiger partial charge in [0.1, 0.15) is 10.8 Å². The minimum atomic E-state index is -0.895. The van der Waals surface area contributed by atoms with Crippen LogP contribution in [0.3, 0.4) is 0 Å². The number of thiazole rings is 1. The van der Waals surface area contributed by atoms with E-state index in [-0.39, 0.29) is 36.1 Å². The van der Waals surface area contributed by atoms with E-state index in [1.807, 2.05) is 53.6 Å². The Morgan fingerprint density at radius 1 is 1.02 bits per heavy atom. The maximum absolute atomic E-state index is 13.6. The fourth-order valence-electron chi connectivity index (χ4n) is 5.80. The van der Waals surface area contributed by atoms with Crippen molar-refractivity contribution in [3.05, 3.63) is 117 Å². The van der Waals surface area contributed by atoms with Crippen LogP contribution in [0, 0.1) is 6.92 Å². The van der Waals surface area contributed by atoms with Gasteiger partial charge in [-0.2, -0.15) is 0 Å². The SMILES string of the molecule is Cc1csc(C2CCCN2C(=O)c2cccc(C(=O)N[C@@H](Cc3ccccc3)[C@H](O)CNCc3cc(O)cc(C(C)C)c3)c2)n1. The largest absolute Gasteiger partial charge is 0.508 e. The minimum Gasteiger partial charge on any atom is -0.508 e. The van der Waals surface area contributed by atoms with Crippen molar-refractivity contribution in [2.75, 3.05) is 13.1 Å². The second kappa shape index (κ2) is 14.8. The van der Waals surface area contributed by atoms with Crippen molar-refractivity contribution in [1.29, 1.82) is 0 Å². The Kier molecular flexibility index (Phi) is 10.7. The summed E-state index contributed by atoms with van der Waals surface area (Å²) >= 11 is 1.58. The molecule has 0 radical (unpaired) electrons. The highest BCUT2D eigenvalue weighted by Gasteiger charge is 2.33. The summed E-state index contributed by atoms with van der Waals surface area (Å²) < 4.78 is 0. The summed E-state index contributed by atoms with van der Waals surface area (Å²) in [4.78, 5) is 33.7. The van der Waals surface area contributed by atoms with Gasteiger partial charge in [0.25, 0.3) is 11.8 Å². The number of nitrogens with zero attached hydrogens (tertiary/aromatic N) is 2. The summed E-state index contributed by atoms with van der Waals surface area (Å²) in [6, 6.07) is 21.4. The van der Waals surface area contributed by atoms with E-state index in [2.05, 4.69) is 29.5 Å². The second-order valence-corrected chi connectivity index (χ2v) is 13.0. The Bertz CT molecular complexity index is 1610. The third-order valence-corrected chi connectivity index (χ3v) is 9.30. The first-order valence-electron chi connectivity index (χ1n) is 15.6. The summed E-state index contributed by atoms with van der Waals surface area (Å²) in [6.07, 6.45) is 1.32. The van der Waals surface area contributed by atoms with Crippen molar-refractivity contribution < 1.29 is 19.8 Å². The van der Waals surface area contributed by atoms with E-state index < -0.39 is 12.1 Å². The number of aromatic hydroxyl groups is 1. The third kappa shape index (κ3) is 8.36. The molecule has 4 N–H and O–H groups in total. The van der Waals surface area contributed by atoms with Crippen LogP contribution in [0.2, 0.25) is 0 Å². The molecule has 0 aliphatic carbocycles. The van der Waals surface area contributed by atoms with Gasteiger partial charge in [0, 0.05) is 41.8 Å². The Hall–Kier alpha value is -4.05. The normalized spacial score (nSPS) is 16.1. The fraction of sp³-hybridized carbons (Fsp3) is 0.361. The zero-order chi connectivity index (χ0) is 31.9. The number of hydrogen-bond acceptors (Lipinski definition) is 7. The highest BCUT2D eigenvalue weighted by atomic mass is 32.1. The predicted octanol–water partition coefficient (Wildman–Crippen LogP) is 5.75. The molecule has 45 heavy (non-hydrogen) atoms. The molecule has 9 heteroatoms. The van der Waals surface area contributed by atoms with Crippen molar-refractivity contribution in [3.8, 4) is 5.75 Å². The monoisotopic (exact) mass is 626 g/mol. The molecule has 1 aromatic heterocycles. The number of carbonyl (C=O) groups is 2. The van der Waals surface area contributed by atoms with Crippen LogP contribution in [0.1, 0.15) is 86.8 Å². The number of carbonyl (C=O) groups excluding carboxylic acids is 2. The topological polar surface area (TPSA) is 115 Å². The Morgan fingerprint density at radius 3 is 2.53 bits per heavy atom. The molecule has 2 amide bonds. The first kappa shape index (κ1) is 32.3. The summed E-state index contributed by atoms with van der Waals surface area (Å²) in [5, 5.41) is 30.7. The van der Waals surface area contributed by atoms with Crippen LogP contribution in [-0.4, -0.2) is 57.1 Å². The lowest BCUT2D eigenvalue weighted by Gasteiger charge is -2.25. The predicted molar refractivity (Wildman–Crippen MR) is 178 cm³/mol.